The van der Waals surface area contributed by atoms with Crippen molar-refractivity contribution in [3.8, 4) is 0 Å². The number of para-hydroxylation sites is 1. The Bertz CT molecular complexity index is 446. The molecule has 1 atom stereocenters. The number of carbonyl (C=O) groups excluding carboxylic acids is 1. The molecule has 0 heterocycles. The molecule has 0 aliphatic rings. The lowest BCUT2D eigenvalue weighted by Crippen LogP contribution is -2.42. The number of alkyl carbamates (subject to hydrolysis) is 1. The lowest BCUT2D eigenvalue weighted by Gasteiger charge is -2.22. The summed E-state index contributed by atoms with van der Waals surface area (Å²) < 4.78 is 6.13. The number of nitrogens with two attached hydrogens (primary N) is 1. The summed E-state index contributed by atoms with van der Waals surface area (Å²) >= 11 is 3.46. The van der Waals surface area contributed by atoms with Gasteiger partial charge in [0.15, 0.2) is 0 Å². The number of ether oxygens (including phenoxy) is 1. The van der Waals surface area contributed by atoms with Gasteiger partial charge >= 0.3 is 6.09 Å². The first kappa shape index (κ1) is 16.8. The highest BCUT2D eigenvalue weighted by Crippen LogP contribution is 2.21. The number of hydrogen-bond donors (Lipinski definition) is 3. The quantitative estimate of drug-likeness (QED) is 0.768. The third-order valence-electron chi connectivity index (χ3n) is 2.41. The highest BCUT2D eigenvalue weighted by Gasteiger charge is 2.17. The molecular formula is C14H22BrN3O2. The summed E-state index contributed by atoms with van der Waals surface area (Å²) in [6.07, 6.45) is -0.440. The van der Waals surface area contributed by atoms with Crippen molar-refractivity contribution in [3.05, 3.63) is 28.7 Å². The molecular weight excluding hydrogens is 322 g/mol. The van der Waals surface area contributed by atoms with Crippen molar-refractivity contribution >= 4 is 27.7 Å². The topological polar surface area (TPSA) is 76.4 Å². The number of benzene rings is 1. The van der Waals surface area contributed by atoms with Crippen LogP contribution in [0, 0.1) is 0 Å². The predicted octanol–water partition coefficient (Wildman–Crippen LogP) is 2.71. The number of rotatable bonds is 5. The van der Waals surface area contributed by atoms with Crippen molar-refractivity contribution in [2.45, 2.75) is 32.4 Å². The first-order chi connectivity index (χ1) is 9.31. The number of anilines is 1. The van der Waals surface area contributed by atoms with E-state index in [-0.39, 0.29) is 6.04 Å². The van der Waals surface area contributed by atoms with Gasteiger partial charge < -0.3 is 21.1 Å². The standard InChI is InChI=1S/C14H22BrN3O2/c1-14(2,3)20-13(19)17-9-10(8-16)18-12-7-5-4-6-11(12)15/h4-7,10,18H,8-9,16H2,1-3H3,(H,17,19). The Balaban J connectivity index is 2.48. The zero-order valence-corrected chi connectivity index (χ0v) is 13.7. The molecule has 1 unspecified atom stereocenters. The van der Waals surface area contributed by atoms with Crippen LogP contribution in [0.1, 0.15) is 20.8 Å². The van der Waals surface area contributed by atoms with E-state index in [1.165, 1.54) is 0 Å². The highest BCUT2D eigenvalue weighted by atomic mass is 79.9. The van der Waals surface area contributed by atoms with Gasteiger partial charge in [-0.3, -0.25) is 0 Å². The molecule has 20 heavy (non-hydrogen) atoms. The van der Waals surface area contributed by atoms with Gasteiger partial charge in [-0.15, -0.1) is 0 Å². The van der Waals surface area contributed by atoms with Crippen LogP contribution in [0.5, 0.6) is 0 Å². The summed E-state index contributed by atoms with van der Waals surface area (Å²) in [5, 5.41) is 5.98. The number of nitrogens with one attached hydrogen (secondary N) is 2. The fourth-order valence-corrected chi connectivity index (χ4v) is 1.91. The van der Waals surface area contributed by atoms with E-state index in [9.17, 15) is 4.79 Å². The van der Waals surface area contributed by atoms with Crippen molar-refractivity contribution in [3.63, 3.8) is 0 Å². The van der Waals surface area contributed by atoms with Crippen LogP contribution in [0.4, 0.5) is 10.5 Å². The van der Waals surface area contributed by atoms with E-state index in [2.05, 4.69) is 26.6 Å². The molecule has 0 fully saturated rings. The molecule has 0 saturated carbocycles. The van der Waals surface area contributed by atoms with Crippen LogP contribution in [0.25, 0.3) is 0 Å². The molecule has 0 aliphatic carbocycles. The predicted molar refractivity (Wildman–Crippen MR) is 84.8 cm³/mol. The monoisotopic (exact) mass is 343 g/mol. The SMILES string of the molecule is CC(C)(C)OC(=O)NCC(CN)Nc1ccccc1Br. The van der Waals surface area contributed by atoms with E-state index < -0.39 is 11.7 Å². The Labute approximate surface area is 128 Å². The maximum absolute atomic E-state index is 11.6. The van der Waals surface area contributed by atoms with Gasteiger partial charge in [0.1, 0.15) is 5.60 Å². The molecule has 4 N–H and O–H groups in total. The molecule has 112 valence electrons. The zero-order chi connectivity index (χ0) is 15.2. The van der Waals surface area contributed by atoms with Crippen LogP contribution < -0.4 is 16.4 Å². The van der Waals surface area contributed by atoms with E-state index in [1.807, 2.05) is 45.0 Å². The second-order valence-corrected chi connectivity index (χ2v) is 6.29. The minimum atomic E-state index is -0.502. The third kappa shape index (κ3) is 6.25. The van der Waals surface area contributed by atoms with Gasteiger partial charge in [0, 0.05) is 23.2 Å². The molecule has 0 bridgehead atoms. The zero-order valence-electron chi connectivity index (χ0n) is 12.1. The van der Waals surface area contributed by atoms with Crippen LogP contribution in [0.2, 0.25) is 0 Å². The second kappa shape index (κ2) is 7.50. The molecule has 1 aromatic carbocycles. The molecule has 0 saturated heterocycles. The van der Waals surface area contributed by atoms with Gasteiger partial charge in [-0.1, -0.05) is 12.1 Å². The lowest BCUT2D eigenvalue weighted by atomic mass is 10.2. The molecule has 6 heteroatoms. The second-order valence-electron chi connectivity index (χ2n) is 5.44. The van der Waals surface area contributed by atoms with Crippen molar-refractivity contribution in [1.82, 2.24) is 5.32 Å². The van der Waals surface area contributed by atoms with Gasteiger partial charge in [-0.05, 0) is 48.8 Å². The fourth-order valence-electron chi connectivity index (χ4n) is 1.51. The van der Waals surface area contributed by atoms with Crippen molar-refractivity contribution in [2.75, 3.05) is 18.4 Å². The molecule has 1 aromatic rings. The summed E-state index contributed by atoms with van der Waals surface area (Å²) in [5.74, 6) is 0. The van der Waals surface area contributed by atoms with Crippen LogP contribution in [0.15, 0.2) is 28.7 Å². The minimum Gasteiger partial charge on any atom is -0.444 e. The summed E-state index contributed by atoms with van der Waals surface area (Å²) in [5.41, 5.74) is 6.15. The van der Waals surface area contributed by atoms with Gasteiger partial charge in [-0.2, -0.15) is 0 Å². The van der Waals surface area contributed by atoms with Gasteiger partial charge in [0.2, 0.25) is 0 Å². The number of amides is 1. The first-order valence-electron chi connectivity index (χ1n) is 6.50. The minimum absolute atomic E-state index is 0.0683. The third-order valence-corrected chi connectivity index (χ3v) is 3.10. The summed E-state index contributed by atoms with van der Waals surface area (Å²) in [7, 11) is 0. The average Bonchev–Trinajstić information content (AvgIpc) is 2.34. The van der Waals surface area contributed by atoms with Gasteiger partial charge in [0.25, 0.3) is 0 Å². The Morgan fingerprint density at radius 3 is 2.60 bits per heavy atom. The molecule has 0 aromatic heterocycles. The lowest BCUT2D eigenvalue weighted by molar-refractivity contribution is 0.0526. The molecule has 1 amide bonds. The van der Waals surface area contributed by atoms with Crippen LogP contribution in [-0.4, -0.2) is 30.8 Å². The Morgan fingerprint density at radius 1 is 1.40 bits per heavy atom. The normalized spacial score (nSPS) is 12.7. The Hall–Kier alpha value is -1.27. The van der Waals surface area contributed by atoms with Gasteiger partial charge in [-0.25, -0.2) is 4.79 Å². The molecule has 0 radical (unpaired) electrons. The fraction of sp³-hybridized carbons (Fsp3) is 0.500. The molecule has 5 nitrogen and oxygen atoms in total. The number of hydrogen-bond acceptors (Lipinski definition) is 4. The average molecular weight is 344 g/mol. The van der Waals surface area contributed by atoms with Gasteiger partial charge in [0.05, 0.1) is 6.04 Å². The first-order valence-corrected chi connectivity index (χ1v) is 7.29. The maximum Gasteiger partial charge on any atom is 0.407 e. The highest BCUT2D eigenvalue weighted by molar-refractivity contribution is 9.10. The van der Waals surface area contributed by atoms with E-state index in [1.54, 1.807) is 0 Å². The Morgan fingerprint density at radius 2 is 2.05 bits per heavy atom. The van der Waals surface area contributed by atoms with Crippen LogP contribution in [-0.2, 0) is 4.74 Å². The Kier molecular flexibility index (Phi) is 6.29. The summed E-state index contributed by atoms with van der Waals surface area (Å²) in [6.45, 7) is 6.27. The molecule has 1 rings (SSSR count). The van der Waals surface area contributed by atoms with Crippen molar-refractivity contribution in [1.29, 1.82) is 0 Å². The van der Waals surface area contributed by atoms with E-state index in [0.717, 1.165) is 10.2 Å². The molecule has 0 aliphatic heterocycles. The number of carbonyl (C=O) groups is 1. The van der Waals surface area contributed by atoms with E-state index >= 15 is 0 Å². The number of halogens is 1. The smallest absolute Gasteiger partial charge is 0.407 e. The molecule has 0 spiro atoms. The maximum atomic E-state index is 11.6. The van der Waals surface area contributed by atoms with Crippen molar-refractivity contribution < 1.29 is 9.53 Å². The summed E-state index contributed by atoms with van der Waals surface area (Å²) in [6, 6.07) is 7.69. The summed E-state index contributed by atoms with van der Waals surface area (Å²) in [4.78, 5) is 11.6. The van der Waals surface area contributed by atoms with Crippen LogP contribution in [0.3, 0.4) is 0 Å². The van der Waals surface area contributed by atoms with E-state index in [0.29, 0.717) is 13.1 Å². The van der Waals surface area contributed by atoms with Crippen LogP contribution >= 0.6 is 15.9 Å². The van der Waals surface area contributed by atoms with Crippen molar-refractivity contribution in [2.24, 2.45) is 5.73 Å². The largest absolute Gasteiger partial charge is 0.444 e. The van der Waals surface area contributed by atoms with E-state index in [4.69, 9.17) is 10.5 Å².